The van der Waals surface area contributed by atoms with Crippen molar-refractivity contribution in [2.24, 2.45) is 11.8 Å². The van der Waals surface area contributed by atoms with Crippen LogP contribution in [-0.2, 0) is 0 Å². The fraction of sp³-hybridized carbons (Fsp3) is 0.375. The van der Waals surface area contributed by atoms with E-state index in [4.69, 9.17) is 0 Å². The first kappa shape index (κ1) is 14.7. The van der Waals surface area contributed by atoms with E-state index < -0.39 is 0 Å². The Balaban J connectivity index is 0.00000106. The predicted molar refractivity (Wildman–Crippen MR) is 75.4 cm³/mol. The summed E-state index contributed by atoms with van der Waals surface area (Å²) in [7, 11) is 0. The summed E-state index contributed by atoms with van der Waals surface area (Å²) in [6, 6.07) is 0. The highest BCUT2D eigenvalue weighted by Gasteiger charge is 1.93. The van der Waals surface area contributed by atoms with Gasteiger partial charge in [-0.2, -0.15) is 0 Å². The van der Waals surface area contributed by atoms with E-state index in [-0.39, 0.29) is 0 Å². The fourth-order valence-corrected chi connectivity index (χ4v) is 1.23. The van der Waals surface area contributed by atoms with Crippen molar-refractivity contribution in [3.63, 3.8) is 0 Å². The Kier molecular flexibility index (Phi) is 8.24. The van der Waals surface area contributed by atoms with Crippen molar-refractivity contribution >= 4 is 0 Å². The van der Waals surface area contributed by atoms with E-state index in [1.54, 1.807) is 0 Å². The molecular formula is C16H24. The van der Waals surface area contributed by atoms with Crippen LogP contribution in [0.2, 0.25) is 0 Å². The normalized spacial score (nSPS) is 30.6. The third kappa shape index (κ3) is 7.05. The minimum atomic E-state index is 0.481. The largest absolute Gasteiger partial charge is 0.0918 e. The van der Waals surface area contributed by atoms with E-state index in [9.17, 15) is 0 Å². The minimum absolute atomic E-state index is 0.481. The van der Waals surface area contributed by atoms with Gasteiger partial charge in [-0.25, -0.2) is 0 Å². The second-order valence-electron chi connectivity index (χ2n) is 3.78. The molecule has 1 aliphatic carbocycles. The third-order valence-corrected chi connectivity index (χ3v) is 2.17. The second kappa shape index (κ2) is 8.96. The van der Waals surface area contributed by atoms with Crippen LogP contribution < -0.4 is 0 Å². The molecular weight excluding hydrogens is 192 g/mol. The molecule has 2 unspecified atom stereocenters. The van der Waals surface area contributed by atoms with Gasteiger partial charge in [0.1, 0.15) is 0 Å². The molecule has 1 rings (SSSR count). The summed E-state index contributed by atoms with van der Waals surface area (Å²) >= 11 is 0. The molecule has 0 nitrogen and oxygen atoms in total. The topological polar surface area (TPSA) is 0 Å². The van der Waals surface area contributed by atoms with Gasteiger partial charge in [0.05, 0.1) is 0 Å². The van der Waals surface area contributed by atoms with E-state index in [2.05, 4.69) is 56.9 Å². The summed E-state index contributed by atoms with van der Waals surface area (Å²) in [6.45, 7) is 12.3. The molecule has 0 bridgehead atoms. The van der Waals surface area contributed by atoms with Crippen LogP contribution in [0.25, 0.3) is 0 Å². The Hall–Kier alpha value is -1.30. The molecule has 0 radical (unpaired) electrons. The fourth-order valence-electron chi connectivity index (χ4n) is 1.23. The van der Waals surface area contributed by atoms with Crippen molar-refractivity contribution in [3.05, 3.63) is 60.8 Å². The van der Waals surface area contributed by atoms with Crippen LogP contribution >= 0.6 is 0 Å². The number of allylic oxidation sites excluding steroid dienone is 9. The number of rotatable bonds is 0. The molecule has 1 aliphatic rings. The van der Waals surface area contributed by atoms with Crippen molar-refractivity contribution in [1.29, 1.82) is 0 Å². The SMILES string of the molecule is C=C1C=CC(C)/C=C\C(C)/C=C\C=C/1.CC. The van der Waals surface area contributed by atoms with Gasteiger partial charge < -0.3 is 0 Å². The van der Waals surface area contributed by atoms with Crippen LogP contribution in [0, 0.1) is 11.8 Å². The van der Waals surface area contributed by atoms with E-state index in [1.807, 2.05) is 26.0 Å². The molecule has 0 heterocycles. The van der Waals surface area contributed by atoms with Crippen LogP contribution in [-0.4, -0.2) is 0 Å². The predicted octanol–water partition coefficient (Wildman–Crippen LogP) is 5.08. The van der Waals surface area contributed by atoms with Gasteiger partial charge in [-0.15, -0.1) is 0 Å². The average molecular weight is 216 g/mol. The lowest BCUT2D eigenvalue weighted by molar-refractivity contribution is 0.882. The Labute approximate surface area is 101 Å². The molecule has 0 aromatic heterocycles. The van der Waals surface area contributed by atoms with E-state index in [0.29, 0.717) is 11.8 Å². The summed E-state index contributed by atoms with van der Waals surface area (Å²) in [5.74, 6) is 0.982. The smallest absolute Gasteiger partial charge is 0.00783 e. The van der Waals surface area contributed by atoms with Crippen LogP contribution in [0.4, 0.5) is 0 Å². The quantitative estimate of drug-likeness (QED) is 0.495. The summed E-state index contributed by atoms with van der Waals surface area (Å²) in [4.78, 5) is 0. The maximum atomic E-state index is 3.94. The molecule has 0 aromatic rings. The third-order valence-electron chi connectivity index (χ3n) is 2.17. The monoisotopic (exact) mass is 216 g/mol. The molecule has 16 heavy (non-hydrogen) atoms. The summed E-state index contributed by atoms with van der Waals surface area (Å²) in [5.41, 5.74) is 1.05. The first-order valence-electron chi connectivity index (χ1n) is 6.09. The van der Waals surface area contributed by atoms with Crippen LogP contribution in [0.1, 0.15) is 27.7 Å². The first-order chi connectivity index (χ1) is 7.68. The highest BCUT2D eigenvalue weighted by molar-refractivity contribution is 5.30. The number of hydrogen-bond donors (Lipinski definition) is 0. The summed E-state index contributed by atoms with van der Waals surface area (Å²) < 4.78 is 0. The molecule has 0 aromatic carbocycles. The van der Waals surface area contributed by atoms with Gasteiger partial charge >= 0.3 is 0 Å². The summed E-state index contributed by atoms with van der Waals surface area (Å²) in [6.07, 6.45) is 17.0. The standard InChI is InChI=1S/C14H18.C2H6/c1-12-6-4-5-7-13(2)9-11-14(3)10-8-12;1-2/h4-11,13-14H,1H2,2-3H3;1-2H3/b6-4-,7-5-,10-8?,11-9-;. The lowest BCUT2D eigenvalue weighted by Crippen LogP contribution is -1.86. The zero-order valence-electron chi connectivity index (χ0n) is 11.0. The van der Waals surface area contributed by atoms with Crippen molar-refractivity contribution in [2.45, 2.75) is 27.7 Å². The van der Waals surface area contributed by atoms with Crippen molar-refractivity contribution < 1.29 is 0 Å². The highest BCUT2D eigenvalue weighted by Crippen LogP contribution is 2.09. The lowest BCUT2D eigenvalue weighted by Gasteiger charge is -2.00. The molecule has 0 saturated carbocycles. The molecule has 0 saturated heterocycles. The minimum Gasteiger partial charge on any atom is -0.0918 e. The molecule has 2 atom stereocenters. The van der Waals surface area contributed by atoms with Gasteiger partial charge in [-0.05, 0) is 17.4 Å². The van der Waals surface area contributed by atoms with Crippen LogP contribution in [0.3, 0.4) is 0 Å². The molecule has 0 heteroatoms. The summed E-state index contributed by atoms with van der Waals surface area (Å²) in [5, 5.41) is 0. The molecule has 0 N–H and O–H groups in total. The molecule has 0 spiro atoms. The number of hydrogen-bond acceptors (Lipinski definition) is 0. The van der Waals surface area contributed by atoms with Gasteiger partial charge in [-0.1, -0.05) is 82.9 Å². The molecule has 0 aliphatic heterocycles. The zero-order chi connectivity index (χ0) is 12.4. The van der Waals surface area contributed by atoms with E-state index >= 15 is 0 Å². The van der Waals surface area contributed by atoms with Crippen LogP contribution in [0.5, 0.6) is 0 Å². The Morgan fingerprint density at radius 1 is 0.812 bits per heavy atom. The Bertz CT molecular complexity index is 300. The first-order valence-corrected chi connectivity index (χ1v) is 6.09. The van der Waals surface area contributed by atoms with Crippen LogP contribution in [0.15, 0.2) is 60.8 Å². The second-order valence-corrected chi connectivity index (χ2v) is 3.78. The van der Waals surface area contributed by atoms with Crippen molar-refractivity contribution in [1.82, 2.24) is 0 Å². The molecule has 0 fully saturated rings. The van der Waals surface area contributed by atoms with Crippen molar-refractivity contribution in [2.75, 3.05) is 0 Å². The van der Waals surface area contributed by atoms with Gasteiger partial charge in [0, 0.05) is 0 Å². The van der Waals surface area contributed by atoms with Gasteiger partial charge in [-0.3, -0.25) is 0 Å². The zero-order valence-corrected chi connectivity index (χ0v) is 11.0. The highest BCUT2D eigenvalue weighted by atomic mass is 14.0. The lowest BCUT2D eigenvalue weighted by atomic mass is 10.1. The average Bonchev–Trinajstić information content (AvgIpc) is 2.33. The Morgan fingerprint density at radius 3 is 2.00 bits per heavy atom. The van der Waals surface area contributed by atoms with Gasteiger partial charge in [0.15, 0.2) is 0 Å². The van der Waals surface area contributed by atoms with Gasteiger partial charge in [0.25, 0.3) is 0 Å². The van der Waals surface area contributed by atoms with E-state index in [0.717, 1.165) is 5.57 Å². The maximum Gasteiger partial charge on any atom is -0.00783 e. The van der Waals surface area contributed by atoms with Gasteiger partial charge in [0.2, 0.25) is 0 Å². The molecule has 0 amide bonds. The van der Waals surface area contributed by atoms with Crippen molar-refractivity contribution in [3.8, 4) is 0 Å². The Morgan fingerprint density at radius 2 is 1.38 bits per heavy atom. The molecule has 88 valence electrons. The van der Waals surface area contributed by atoms with E-state index in [1.165, 1.54) is 0 Å². The maximum absolute atomic E-state index is 3.94.